The van der Waals surface area contributed by atoms with Crippen LogP contribution in [0, 0.1) is 0 Å². The van der Waals surface area contributed by atoms with Crippen molar-refractivity contribution in [2.75, 3.05) is 0 Å². The summed E-state index contributed by atoms with van der Waals surface area (Å²) in [5, 5.41) is 10.8. The minimum absolute atomic E-state index is 0.659. The third-order valence-corrected chi connectivity index (χ3v) is 2.91. The molecule has 0 aliphatic heterocycles. The fourth-order valence-electron chi connectivity index (χ4n) is 1.66. The Morgan fingerprint density at radius 3 is 2.18 bits per heavy atom. The number of hydrogen-bond donors (Lipinski definition) is 1. The molecule has 1 nitrogen and oxygen atoms in total. The van der Waals surface area contributed by atoms with Crippen LogP contribution in [0.2, 0.25) is 5.02 Å². The van der Waals surface area contributed by atoms with E-state index in [9.17, 15) is 5.11 Å². The summed E-state index contributed by atoms with van der Waals surface area (Å²) in [6.45, 7) is 3.94. The quantitative estimate of drug-likeness (QED) is 0.862. The molecule has 0 aliphatic rings. The maximum Gasteiger partial charge on any atom is 0.104 e. The Kier molecular flexibility index (Phi) is 3.62. The van der Waals surface area contributed by atoms with Crippen molar-refractivity contribution in [3.63, 3.8) is 0 Å². The van der Waals surface area contributed by atoms with E-state index in [1.807, 2.05) is 30.3 Å². The van der Waals surface area contributed by atoms with Crippen molar-refractivity contribution in [3.8, 4) is 0 Å². The first-order chi connectivity index (χ1) is 8.18. The third kappa shape index (κ3) is 2.76. The molecule has 17 heavy (non-hydrogen) atoms. The van der Waals surface area contributed by atoms with Crippen LogP contribution in [-0.2, 0) is 0 Å². The molecule has 2 aromatic carbocycles. The number of rotatable bonds is 3. The van der Waals surface area contributed by atoms with Gasteiger partial charge in [0.25, 0.3) is 0 Å². The van der Waals surface area contributed by atoms with E-state index in [1.54, 1.807) is 24.3 Å². The van der Waals surface area contributed by atoms with E-state index < -0.39 is 6.10 Å². The van der Waals surface area contributed by atoms with Crippen LogP contribution in [0.1, 0.15) is 17.2 Å². The van der Waals surface area contributed by atoms with Gasteiger partial charge >= 0.3 is 0 Å². The molecular formula is C15H13ClO. The Labute approximate surface area is 106 Å². The monoisotopic (exact) mass is 244 g/mol. The molecule has 2 rings (SSSR count). The van der Waals surface area contributed by atoms with E-state index in [0.29, 0.717) is 10.6 Å². The van der Waals surface area contributed by atoms with E-state index in [4.69, 9.17) is 11.6 Å². The van der Waals surface area contributed by atoms with Gasteiger partial charge in [-0.3, -0.25) is 0 Å². The second kappa shape index (κ2) is 5.17. The van der Waals surface area contributed by atoms with Gasteiger partial charge in [0.1, 0.15) is 6.10 Å². The lowest BCUT2D eigenvalue weighted by atomic mass is 9.97. The molecule has 0 saturated carbocycles. The summed E-state index contributed by atoms with van der Waals surface area (Å²) >= 11 is 5.81. The first kappa shape index (κ1) is 11.9. The lowest BCUT2D eigenvalue weighted by molar-refractivity contribution is 0.238. The minimum atomic E-state index is -0.699. The average Bonchev–Trinajstić information content (AvgIpc) is 2.39. The van der Waals surface area contributed by atoms with Crippen molar-refractivity contribution in [1.82, 2.24) is 0 Å². The van der Waals surface area contributed by atoms with Gasteiger partial charge in [-0.25, -0.2) is 0 Å². The minimum Gasteiger partial charge on any atom is -0.384 e. The van der Waals surface area contributed by atoms with E-state index in [0.717, 1.165) is 11.1 Å². The lowest BCUT2D eigenvalue weighted by Gasteiger charge is -2.14. The first-order valence-corrected chi connectivity index (χ1v) is 5.74. The summed E-state index contributed by atoms with van der Waals surface area (Å²) in [6, 6.07) is 16.8. The summed E-state index contributed by atoms with van der Waals surface area (Å²) < 4.78 is 0. The van der Waals surface area contributed by atoms with Crippen LogP contribution >= 0.6 is 11.6 Å². The van der Waals surface area contributed by atoms with Gasteiger partial charge < -0.3 is 5.11 Å². The zero-order valence-corrected chi connectivity index (χ0v) is 10.1. The zero-order chi connectivity index (χ0) is 12.3. The summed E-state index contributed by atoms with van der Waals surface area (Å²) in [7, 11) is 0. The van der Waals surface area contributed by atoms with E-state index in [-0.39, 0.29) is 0 Å². The van der Waals surface area contributed by atoms with Crippen LogP contribution in [0.15, 0.2) is 61.2 Å². The number of aliphatic hydroxyl groups is 1. The summed E-state index contributed by atoms with van der Waals surface area (Å²) in [5.41, 5.74) is 2.42. The highest BCUT2D eigenvalue weighted by Crippen LogP contribution is 2.28. The molecule has 0 radical (unpaired) electrons. The smallest absolute Gasteiger partial charge is 0.104 e. The Morgan fingerprint density at radius 2 is 1.59 bits per heavy atom. The standard InChI is InChI=1S/C15H13ClO/c1-11(12-5-3-2-4-6-12)15(17)13-7-9-14(16)10-8-13/h2-10,15,17H,1H2. The average molecular weight is 245 g/mol. The highest BCUT2D eigenvalue weighted by Gasteiger charge is 2.12. The van der Waals surface area contributed by atoms with Crippen LogP contribution in [-0.4, -0.2) is 5.11 Å². The molecule has 2 aromatic rings. The van der Waals surface area contributed by atoms with Crippen LogP contribution in [0.4, 0.5) is 0 Å². The SMILES string of the molecule is C=C(c1ccccc1)C(O)c1ccc(Cl)cc1. The van der Waals surface area contributed by atoms with Gasteiger partial charge in [-0.2, -0.15) is 0 Å². The topological polar surface area (TPSA) is 20.2 Å². The molecule has 0 bridgehead atoms. The highest BCUT2D eigenvalue weighted by atomic mass is 35.5. The van der Waals surface area contributed by atoms with Gasteiger partial charge in [0.15, 0.2) is 0 Å². The van der Waals surface area contributed by atoms with Crippen LogP contribution in [0.3, 0.4) is 0 Å². The van der Waals surface area contributed by atoms with Gasteiger partial charge in [-0.15, -0.1) is 0 Å². The first-order valence-electron chi connectivity index (χ1n) is 5.36. The molecule has 0 fully saturated rings. The van der Waals surface area contributed by atoms with Crippen molar-refractivity contribution >= 4 is 17.2 Å². The zero-order valence-electron chi connectivity index (χ0n) is 9.31. The fraction of sp³-hybridized carbons (Fsp3) is 0.0667. The van der Waals surface area contributed by atoms with Gasteiger partial charge in [0, 0.05) is 5.02 Å². The van der Waals surface area contributed by atoms with Crippen molar-refractivity contribution in [3.05, 3.63) is 77.3 Å². The Balaban J connectivity index is 2.23. The highest BCUT2D eigenvalue weighted by molar-refractivity contribution is 6.30. The van der Waals surface area contributed by atoms with E-state index in [2.05, 4.69) is 6.58 Å². The van der Waals surface area contributed by atoms with E-state index >= 15 is 0 Å². The molecule has 0 amide bonds. The molecule has 1 atom stereocenters. The number of aliphatic hydroxyl groups excluding tert-OH is 1. The molecule has 86 valence electrons. The molecule has 2 heteroatoms. The fourth-order valence-corrected chi connectivity index (χ4v) is 1.78. The number of benzene rings is 2. The molecule has 1 unspecified atom stereocenters. The predicted octanol–water partition coefficient (Wildman–Crippen LogP) is 4.09. The number of halogens is 1. The van der Waals surface area contributed by atoms with E-state index in [1.165, 1.54) is 0 Å². The molecule has 0 aromatic heterocycles. The van der Waals surface area contributed by atoms with Crippen molar-refractivity contribution in [1.29, 1.82) is 0 Å². The molecule has 1 N–H and O–H groups in total. The van der Waals surface area contributed by atoms with Crippen molar-refractivity contribution in [2.24, 2.45) is 0 Å². The second-order valence-electron chi connectivity index (χ2n) is 3.85. The Hall–Kier alpha value is -1.57. The maximum atomic E-state index is 10.2. The Morgan fingerprint density at radius 1 is 1.00 bits per heavy atom. The van der Waals surface area contributed by atoms with Gasteiger partial charge in [-0.05, 0) is 28.8 Å². The van der Waals surface area contributed by atoms with Crippen LogP contribution in [0.25, 0.3) is 5.57 Å². The predicted molar refractivity (Wildman–Crippen MR) is 71.9 cm³/mol. The number of hydrogen-bond acceptors (Lipinski definition) is 1. The van der Waals surface area contributed by atoms with Gasteiger partial charge in [0.05, 0.1) is 0 Å². The third-order valence-electron chi connectivity index (χ3n) is 2.66. The normalized spacial score (nSPS) is 12.1. The molecule has 0 heterocycles. The second-order valence-corrected chi connectivity index (χ2v) is 4.28. The van der Waals surface area contributed by atoms with Crippen molar-refractivity contribution < 1.29 is 5.11 Å². The maximum absolute atomic E-state index is 10.2. The van der Waals surface area contributed by atoms with Gasteiger partial charge in [0.2, 0.25) is 0 Å². The van der Waals surface area contributed by atoms with Crippen LogP contribution < -0.4 is 0 Å². The van der Waals surface area contributed by atoms with Crippen LogP contribution in [0.5, 0.6) is 0 Å². The molecule has 0 saturated heterocycles. The molecule has 0 spiro atoms. The Bertz CT molecular complexity index is 502. The lowest BCUT2D eigenvalue weighted by Crippen LogP contribution is -1.99. The molecular weight excluding hydrogens is 232 g/mol. The summed E-state index contributed by atoms with van der Waals surface area (Å²) in [4.78, 5) is 0. The largest absolute Gasteiger partial charge is 0.384 e. The van der Waals surface area contributed by atoms with Crippen molar-refractivity contribution in [2.45, 2.75) is 6.10 Å². The summed E-state index contributed by atoms with van der Waals surface area (Å²) in [5.74, 6) is 0. The van der Waals surface area contributed by atoms with Gasteiger partial charge in [-0.1, -0.05) is 60.6 Å². The molecule has 0 aliphatic carbocycles. The summed E-state index contributed by atoms with van der Waals surface area (Å²) in [6.07, 6.45) is -0.699.